The highest BCUT2D eigenvalue weighted by Gasteiger charge is 2.36. The van der Waals surface area contributed by atoms with Gasteiger partial charge in [-0.2, -0.15) is 5.10 Å². The van der Waals surface area contributed by atoms with Crippen LogP contribution in [0, 0.1) is 5.92 Å². The van der Waals surface area contributed by atoms with Gasteiger partial charge in [0.05, 0.1) is 34.5 Å². The number of hydrogen-bond acceptors (Lipinski definition) is 4. The first-order chi connectivity index (χ1) is 9.98. The molecule has 0 spiro atoms. The van der Waals surface area contributed by atoms with Gasteiger partial charge in [-0.15, -0.1) is 0 Å². The van der Waals surface area contributed by atoms with Gasteiger partial charge in [0.2, 0.25) is 0 Å². The summed E-state index contributed by atoms with van der Waals surface area (Å²) in [5, 5.41) is 8.45. The summed E-state index contributed by atoms with van der Waals surface area (Å²) >= 11 is 6.33. The lowest BCUT2D eigenvalue weighted by Gasteiger charge is -2.25. The van der Waals surface area contributed by atoms with Crippen LogP contribution in [-0.2, 0) is 16.4 Å². The van der Waals surface area contributed by atoms with Crippen LogP contribution >= 0.6 is 11.6 Å². The molecule has 1 aliphatic rings. The van der Waals surface area contributed by atoms with Gasteiger partial charge in [0.15, 0.2) is 9.84 Å². The fourth-order valence-corrected chi connectivity index (χ4v) is 5.04. The van der Waals surface area contributed by atoms with Gasteiger partial charge in [0.1, 0.15) is 0 Å². The van der Waals surface area contributed by atoms with Gasteiger partial charge in [-0.25, -0.2) is 8.42 Å². The third-order valence-corrected chi connectivity index (χ3v) is 6.00. The Labute approximate surface area is 132 Å². The third-order valence-electron chi connectivity index (χ3n) is 3.92. The van der Waals surface area contributed by atoms with E-state index in [1.54, 1.807) is 6.20 Å². The maximum Gasteiger partial charge on any atom is 0.150 e. The Morgan fingerprint density at radius 1 is 1.48 bits per heavy atom. The molecule has 0 saturated carbocycles. The average molecular weight is 334 g/mol. The Balaban J connectivity index is 2.30. The Morgan fingerprint density at radius 2 is 2.24 bits per heavy atom. The van der Waals surface area contributed by atoms with Gasteiger partial charge in [0.25, 0.3) is 0 Å². The molecule has 2 rings (SSSR count). The summed E-state index contributed by atoms with van der Waals surface area (Å²) in [5.74, 6) is 0.593. The number of nitrogens with one attached hydrogen (secondary N) is 1. The number of halogens is 1. The van der Waals surface area contributed by atoms with Crippen LogP contribution in [0.3, 0.4) is 0 Å². The van der Waals surface area contributed by atoms with E-state index in [2.05, 4.69) is 24.3 Å². The molecule has 0 radical (unpaired) electrons. The van der Waals surface area contributed by atoms with E-state index in [9.17, 15) is 8.42 Å². The highest BCUT2D eigenvalue weighted by molar-refractivity contribution is 7.91. The zero-order valence-electron chi connectivity index (χ0n) is 12.7. The van der Waals surface area contributed by atoms with Crippen LogP contribution in [-0.4, -0.2) is 36.2 Å². The lowest BCUT2D eigenvalue weighted by molar-refractivity contribution is 0.365. The van der Waals surface area contributed by atoms with Crippen LogP contribution < -0.4 is 5.32 Å². The highest BCUT2D eigenvalue weighted by Crippen LogP contribution is 2.34. The molecule has 0 amide bonds. The van der Waals surface area contributed by atoms with Crippen LogP contribution in [0.4, 0.5) is 0 Å². The molecule has 2 atom stereocenters. The van der Waals surface area contributed by atoms with Crippen molar-refractivity contribution in [3.05, 3.63) is 16.9 Å². The minimum absolute atomic E-state index is 0.0382. The summed E-state index contributed by atoms with van der Waals surface area (Å²) in [6.45, 7) is 5.83. The Hall–Kier alpha value is -0.590. The Kier molecular flexibility index (Phi) is 5.68. The summed E-state index contributed by atoms with van der Waals surface area (Å²) < 4.78 is 25.5. The summed E-state index contributed by atoms with van der Waals surface area (Å²) in [7, 11) is -2.91. The van der Waals surface area contributed by atoms with E-state index < -0.39 is 9.84 Å². The number of aryl methyl sites for hydroxylation is 1. The zero-order chi connectivity index (χ0) is 15.5. The molecule has 1 aromatic heterocycles. The van der Waals surface area contributed by atoms with Crippen LogP contribution in [0.15, 0.2) is 6.20 Å². The van der Waals surface area contributed by atoms with Crippen molar-refractivity contribution in [2.75, 3.05) is 18.1 Å². The second-order valence-corrected chi connectivity index (χ2v) is 8.33. The van der Waals surface area contributed by atoms with Gasteiger partial charge in [0, 0.05) is 6.54 Å². The van der Waals surface area contributed by atoms with E-state index in [0.717, 1.165) is 31.6 Å². The number of nitrogens with zero attached hydrogens (tertiary/aromatic N) is 2. The van der Waals surface area contributed by atoms with Crippen molar-refractivity contribution >= 4 is 21.4 Å². The monoisotopic (exact) mass is 333 g/mol. The summed E-state index contributed by atoms with van der Waals surface area (Å²) in [5.41, 5.74) is 0.939. The van der Waals surface area contributed by atoms with E-state index in [-0.39, 0.29) is 23.5 Å². The topological polar surface area (TPSA) is 64.0 Å². The molecular formula is C14H24ClN3O2S. The first kappa shape index (κ1) is 16.8. The Bertz CT molecular complexity index is 571. The maximum atomic E-state index is 11.8. The fraction of sp³-hybridized carbons (Fsp3) is 0.786. The van der Waals surface area contributed by atoms with Crippen LogP contribution in [0.5, 0.6) is 0 Å². The zero-order valence-corrected chi connectivity index (χ0v) is 14.3. The van der Waals surface area contributed by atoms with Crippen LogP contribution in [0.1, 0.15) is 44.8 Å². The van der Waals surface area contributed by atoms with Crippen molar-refractivity contribution in [2.45, 2.75) is 45.7 Å². The van der Waals surface area contributed by atoms with Gasteiger partial charge in [-0.05, 0) is 31.7 Å². The number of hydrogen-bond donors (Lipinski definition) is 1. The van der Waals surface area contributed by atoms with Crippen LogP contribution in [0.25, 0.3) is 0 Å². The molecule has 7 heteroatoms. The fourth-order valence-electron chi connectivity index (χ4n) is 2.94. The van der Waals surface area contributed by atoms with E-state index in [1.165, 1.54) is 0 Å². The van der Waals surface area contributed by atoms with E-state index in [4.69, 9.17) is 11.6 Å². The van der Waals surface area contributed by atoms with Crippen molar-refractivity contribution < 1.29 is 8.42 Å². The molecule has 5 nitrogen and oxygen atoms in total. The molecule has 1 fully saturated rings. The molecule has 1 saturated heterocycles. The largest absolute Gasteiger partial charge is 0.308 e. The van der Waals surface area contributed by atoms with Crippen molar-refractivity contribution in [1.29, 1.82) is 0 Å². The van der Waals surface area contributed by atoms with Crippen molar-refractivity contribution in [3.8, 4) is 0 Å². The lowest BCUT2D eigenvalue weighted by Crippen LogP contribution is -2.32. The second kappa shape index (κ2) is 7.11. The molecule has 2 unspecified atom stereocenters. The molecule has 0 bridgehead atoms. The smallest absolute Gasteiger partial charge is 0.150 e. The van der Waals surface area contributed by atoms with Crippen molar-refractivity contribution in [1.82, 2.24) is 15.1 Å². The van der Waals surface area contributed by atoms with Gasteiger partial charge in [-0.3, -0.25) is 4.68 Å². The van der Waals surface area contributed by atoms with Crippen molar-refractivity contribution in [3.63, 3.8) is 0 Å². The molecule has 2 heterocycles. The molecule has 0 aromatic carbocycles. The molecule has 0 aliphatic carbocycles. The predicted molar refractivity (Wildman–Crippen MR) is 85.3 cm³/mol. The van der Waals surface area contributed by atoms with E-state index >= 15 is 0 Å². The summed E-state index contributed by atoms with van der Waals surface area (Å²) in [6, 6.07) is -0.0382. The quantitative estimate of drug-likeness (QED) is 0.832. The third kappa shape index (κ3) is 3.99. The summed E-state index contributed by atoms with van der Waals surface area (Å²) in [6.07, 6.45) is 4.32. The predicted octanol–water partition coefficient (Wildman–Crippen LogP) is 2.42. The summed E-state index contributed by atoms with van der Waals surface area (Å²) in [4.78, 5) is 0. The Morgan fingerprint density at radius 3 is 2.81 bits per heavy atom. The number of aromatic nitrogens is 2. The molecular weight excluding hydrogens is 310 g/mol. The standard InChI is InChI=1S/C14H24ClN3O2S/c1-3-6-16-13(11-5-8-21(19,20)10-11)14-12(15)9-17-18(14)7-4-2/h9,11,13,16H,3-8,10H2,1-2H3. The molecule has 1 N–H and O–H groups in total. The van der Waals surface area contributed by atoms with Gasteiger partial charge in [-0.1, -0.05) is 25.4 Å². The van der Waals surface area contributed by atoms with Gasteiger partial charge < -0.3 is 5.32 Å². The van der Waals surface area contributed by atoms with E-state index in [0.29, 0.717) is 11.4 Å². The normalized spacial score (nSPS) is 22.5. The molecule has 1 aliphatic heterocycles. The van der Waals surface area contributed by atoms with Crippen LogP contribution in [0.2, 0.25) is 5.02 Å². The number of sulfone groups is 1. The minimum atomic E-state index is -2.91. The SMILES string of the molecule is CCCNC(c1c(Cl)cnn1CCC)C1CCS(=O)(=O)C1. The molecule has 21 heavy (non-hydrogen) atoms. The molecule has 120 valence electrons. The highest BCUT2D eigenvalue weighted by atomic mass is 35.5. The average Bonchev–Trinajstić information content (AvgIpc) is 2.96. The van der Waals surface area contributed by atoms with Crippen molar-refractivity contribution in [2.24, 2.45) is 5.92 Å². The lowest BCUT2D eigenvalue weighted by atomic mass is 9.96. The second-order valence-electron chi connectivity index (χ2n) is 5.70. The maximum absolute atomic E-state index is 11.8. The minimum Gasteiger partial charge on any atom is -0.308 e. The van der Waals surface area contributed by atoms with E-state index in [1.807, 2.05) is 4.68 Å². The number of rotatable bonds is 7. The first-order valence-electron chi connectivity index (χ1n) is 7.63. The van der Waals surface area contributed by atoms with Gasteiger partial charge >= 0.3 is 0 Å². The molecule has 1 aromatic rings. The first-order valence-corrected chi connectivity index (χ1v) is 9.83.